The number of hydrogen-bond acceptors (Lipinski definition) is 6. The maximum Gasteiger partial charge on any atom is 0.263 e. The van der Waals surface area contributed by atoms with Crippen molar-refractivity contribution in [2.45, 2.75) is 32.4 Å². The van der Waals surface area contributed by atoms with Gasteiger partial charge in [0.05, 0.1) is 31.0 Å². The number of rotatable bonds is 5. The van der Waals surface area contributed by atoms with E-state index in [2.05, 4.69) is 25.3 Å². The standard InChI is InChI=1S/C21H27ClN6O2/c1-21(2,3)28-18-15(12-24-28)19(29)26-20(25-18)23-13-17(27-8-10-30-11-9-27)14-6-4-5-7-16(14)22/h4-7,12,17H,8-11,13H2,1-3H3,(H2,23,25,26,29). The Morgan fingerprint density at radius 3 is 2.70 bits per heavy atom. The van der Waals surface area contributed by atoms with Gasteiger partial charge in [0.1, 0.15) is 5.39 Å². The lowest BCUT2D eigenvalue weighted by Gasteiger charge is -2.35. The van der Waals surface area contributed by atoms with Crippen molar-refractivity contribution in [2.75, 3.05) is 38.2 Å². The molecule has 0 radical (unpaired) electrons. The molecular formula is C21H27ClN6O2. The molecule has 1 aliphatic heterocycles. The summed E-state index contributed by atoms with van der Waals surface area (Å²) in [7, 11) is 0. The van der Waals surface area contributed by atoms with E-state index < -0.39 is 0 Å². The zero-order chi connectivity index (χ0) is 21.3. The van der Waals surface area contributed by atoms with Crippen molar-refractivity contribution in [1.82, 2.24) is 24.6 Å². The third kappa shape index (κ3) is 4.21. The van der Waals surface area contributed by atoms with E-state index in [4.69, 9.17) is 16.3 Å². The number of ether oxygens (including phenoxy) is 1. The topological polar surface area (TPSA) is 88.1 Å². The molecule has 0 bridgehead atoms. The van der Waals surface area contributed by atoms with Crippen molar-refractivity contribution in [1.29, 1.82) is 0 Å². The molecule has 30 heavy (non-hydrogen) atoms. The number of hydrogen-bond donors (Lipinski definition) is 2. The third-order valence-corrected chi connectivity index (χ3v) is 5.63. The van der Waals surface area contributed by atoms with Crippen LogP contribution in [0.1, 0.15) is 32.4 Å². The minimum absolute atomic E-state index is 0.0242. The lowest BCUT2D eigenvalue weighted by atomic mass is 10.0. The lowest BCUT2D eigenvalue weighted by Crippen LogP contribution is -2.41. The Labute approximate surface area is 180 Å². The van der Waals surface area contributed by atoms with Gasteiger partial charge in [0.15, 0.2) is 5.65 Å². The van der Waals surface area contributed by atoms with Gasteiger partial charge in [-0.05, 0) is 32.4 Å². The van der Waals surface area contributed by atoms with Gasteiger partial charge in [0.25, 0.3) is 5.56 Å². The van der Waals surface area contributed by atoms with Gasteiger partial charge in [0, 0.05) is 24.7 Å². The number of nitrogens with one attached hydrogen (secondary N) is 2. The van der Waals surface area contributed by atoms with Gasteiger partial charge < -0.3 is 10.1 Å². The minimum Gasteiger partial charge on any atom is -0.379 e. The molecule has 3 heterocycles. The van der Waals surface area contributed by atoms with Gasteiger partial charge in [-0.2, -0.15) is 10.1 Å². The molecule has 1 aromatic carbocycles. The Morgan fingerprint density at radius 1 is 1.27 bits per heavy atom. The fourth-order valence-corrected chi connectivity index (χ4v) is 4.02. The number of aromatic nitrogens is 4. The number of aromatic amines is 1. The van der Waals surface area contributed by atoms with Crippen LogP contribution in [0.25, 0.3) is 11.0 Å². The van der Waals surface area contributed by atoms with Crippen molar-refractivity contribution in [3.05, 3.63) is 51.4 Å². The molecule has 1 saturated heterocycles. The molecule has 1 atom stereocenters. The highest BCUT2D eigenvalue weighted by atomic mass is 35.5. The Balaban J connectivity index is 1.64. The number of morpholine rings is 1. The Kier molecular flexibility index (Phi) is 5.81. The van der Waals surface area contributed by atoms with Gasteiger partial charge in [-0.15, -0.1) is 0 Å². The highest BCUT2D eigenvalue weighted by Gasteiger charge is 2.25. The summed E-state index contributed by atoms with van der Waals surface area (Å²) in [6, 6.07) is 7.88. The minimum atomic E-state index is -0.284. The summed E-state index contributed by atoms with van der Waals surface area (Å²) in [5.41, 5.74) is 1.11. The number of benzene rings is 1. The third-order valence-electron chi connectivity index (χ3n) is 5.29. The molecule has 160 valence electrons. The molecule has 1 aliphatic rings. The molecule has 1 fully saturated rings. The summed E-state index contributed by atoms with van der Waals surface area (Å²) in [6.07, 6.45) is 1.57. The summed E-state index contributed by atoms with van der Waals surface area (Å²) in [6.45, 7) is 9.64. The molecule has 2 aromatic heterocycles. The predicted octanol–water partition coefficient (Wildman–Crippen LogP) is 3.01. The van der Waals surface area contributed by atoms with Gasteiger partial charge in [-0.3, -0.25) is 14.7 Å². The van der Waals surface area contributed by atoms with Crippen LogP contribution in [0.15, 0.2) is 35.3 Å². The second kappa shape index (κ2) is 8.37. The predicted molar refractivity (Wildman–Crippen MR) is 118 cm³/mol. The summed E-state index contributed by atoms with van der Waals surface area (Å²) >= 11 is 6.51. The molecule has 0 saturated carbocycles. The monoisotopic (exact) mass is 430 g/mol. The van der Waals surface area contributed by atoms with Crippen molar-refractivity contribution in [3.8, 4) is 0 Å². The fraction of sp³-hybridized carbons (Fsp3) is 0.476. The van der Waals surface area contributed by atoms with Crippen LogP contribution >= 0.6 is 11.6 Å². The Bertz CT molecular complexity index is 1080. The largest absolute Gasteiger partial charge is 0.379 e. The maximum absolute atomic E-state index is 12.6. The van der Waals surface area contributed by atoms with E-state index >= 15 is 0 Å². The van der Waals surface area contributed by atoms with E-state index in [-0.39, 0.29) is 17.1 Å². The molecule has 8 nitrogen and oxygen atoms in total. The summed E-state index contributed by atoms with van der Waals surface area (Å²) in [5, 5.41) is 8.88. The van der Waals surface area contributed by atoms with Gasteiger partial charge in [-0.1, -0.05) is 29.8 Å². The number of nitrogens with zero attached hydrogens (tertiary/aromatic N) is 4. The Morgan fingerprint density at radius 2 is 2.00 bits per heavy atom. The van der Waals surface area contributed by atoms with Crippen LogP contribution in [0.4, 0.5) is 5.95 Å². The molecule has 4 rings (SSSR count). The summed E-state index contributed by atoms with van der Waals surface area (Å²) in [5.74, 6) is 0.420. The zero-order valence-corrected chi connectivity index (χ0v) is 18.2. The fourth-order valence-electron chi connectivity index (χ4n) is 3.76. The Hall–Kier alpha value is -2.42. The van der Waals surface area contributed by atoms with Crippen LogP contribution in [0, 0.1) is 0 Å². The molecule has 0 aliphatic carbocycles. The lowest BCUT2D eigenvalue weighted by molar-refractivity contribution is 0.0187. The van der Waals surface area contributed by atoms with E-state index in [0.717, 1.165) is 23.7 Å². The van der Waals surface area contributed by atoms with E-state index in [1.807, 2.05) is 45.0 Å². The SMILES string of the molecule is CC(C)(C)n1ncc2c(=O)[nH]c(NCC(c3ccccc3Cl)N3CCOCC3)nc21. The molecule has 0 amide bonds. The second-order valence-electron chi connectivity index (χ2n) is 8.45. The van der Waals surface area contributed by atoms with Crippen LogP contribution in [0.5, 0.6) is 0 Å². The first-order valence-electron chi connectivity index (χ1n) is 10.1. The van der Waals surface area contributed by atoms with Crippen LogP contribution < -0.4 is 10.9 Å². The van der Waals surface area contributed by atoms with Crippen molar-refractivity contribution >= 4 is 28.6 Å². The van der Waals surface area contributed by atoms with Crippen molar-refractivity contribution < 1.29 is 4.74 Å². The number of anilines is 1. The maximum atomic E-state index is 12.6. The van der Waals surface area contributed by atoms with Crippen LogP contribution in [-0.2, 0) is 10.3 Å². The number of halogens is 1. The first kappa shape index (κ1) is 20.8. The highest BCUT2D eigenvalue weighted by molar-refractivity contribution is 6.31. The first-order chi connectivity index (χ1) is 14.3. The summed E-state index contributed by atoms with van der Waals surface area (Å²) < 4.78 is 7.29. The van der Waals surface area contributed by atoms with Crippen molar-refractivity contribution in [2.24, 2.45) is 0 Å². The molecule has 0 spiro atoms. The summed E-state index contributed by atoms with van der Waals surface area (Å²) in [4.78, 5) is 22.4. The van der Waals surface area contributed by atoms with E-state index in [1.54, 1.807) is 10.9 Å². The average molecular weight is 431 g/mol. The number of H-pyrrole nitrogens is 1. The molecule has 3 aromatic rings. The van der Waals surface area contributed by atoms with Crippen LogP contribution in [0.3, 0.4) is 0 Å². The first-order valence-corrected chi connectivity index (χ1v) is 10.5. The van der Waals surface area contributed by atoms with E-state index in [0.29, 0.717) is 36.7 Å². The van der Waals surface area contributed by atoms with Gasteiger partial charge in [-0.25, -0.2) is 4.68 Å². The quantitative estimate of drug-likeness (QED) is 0.647. The van der Waals surface area contributed by atoms with Crippen LogP contribution in [-0.4, -0.2) is 57.5 Å². The second-order valence-corrected chi connectivity index (χ2v) is 8.85. The molecule has 9 heteroatoms. The molecular weight excluding hydrogens is 404 g/mol. The highest BCUT2D eigenvalue weighted by Crippen LogP contribution is 2.28. The number of fused-ring (bicyclic) bond motifs is 1. The smallest absolute Gasteiger partial charge is 0.263 e. The van der Waals surface area contributed by atoms with Crippen LogP contribution in [0.2, 0.25) is 5.02 Å². The molecule has 2 N–H and O–H groups in total. The van der Waals surface area contributed by atoms with E-state index in [9.17, 15) is 4.79 Å². The molecule has 1 unspecified atom stereocenters. The van der Waals surface area contributed by atoms with E-state index in [1.165, 1.54) is 0 Å². The van der Waals surface area contributed by atoms with Gasteiger partial charge in [0.2, 0.25) is 5.95 Å². The normalized spacial score (nSPS) is 16.7. The average Bonchev–Trinajstić information content (AvgIpc) is 3.15. The zero-order valence-electron chi connectivity index (χ0n) is 17.5. The van der Waals surface area contributed by atoms with Crippen molar-refractivity contribution in [3.63, 3.8) is 0 Å². The van der Waals surface area contributed by atoms with Gasteiger partial charge >= 0.3 is 0 Å².